The second kappa shape index (κ2) is 7.85. The Morgan fingerprint density at radius 2 is 2.10 bits per heavy atom. The summed E-state index contributed by atoms with van der Waals surface area (Å²) in [7, 11) is 1.84. The number of carbonyl (C=O) groups is 1. The van der Waals surface area contributed by atoms with Gasteiger partial charge in [-0.1, -0.05) is 44.7 Å². The van der Waals surface area contributed by atoms with Crippen molar-refractivity contribution in [2.75, 3.05) is 13.7 Å². The monoisotopic (exact) mass is 287 g/mol. The molecule has 0 saturated carbocycles. The van der Waals surface area contributed by atoms with Crippen molar-refractivity contribution in [3.05, 3.63) is 35.4 Å². The van der Waals surface area contributed by atoms with Crippen LogP contribution in [0.25, 0.3) is 0 Å². The SMILES string of the molecule is CCC(C)(C)C(=O)N(C)Cc1cccc(C#CCCO)c1. The zero-order valence-corrected chi connectivity index (χ0v) is 13.4. The molecule has 0 spiro atoms. The zero-order chi connectivity index (χ0) is 15.9. The molecule has 114 valence electrons. The summed E-state index contributed by atoms with van der Waals surface area (Å²) in [4.78, 5) is 14.1. The molecular weight excluding hydrogens is 262 g/mol. The number of hydrogen-bond acceptors (Lipinski definition) is 2. The molecule has 0 fully saturated rings. The first-order valence-electron chi connectivity index (χ1n) is 7.35. The minimum Gasteiger partial charge on any atom is -0.395 e. The van der Waals surface area contributed by atoms with Crippen molar-refractivity contribution in [1.29, 1.82) is 0 Å². The Kier molecular flexibility index (Phi) is 6.45. The molecule has 3 heteroatoms. The van der Waals surface area contributed by atoms with Crippen LogP contribution in [-0.4, -0.2) is 29.6 Å². The fraction of sp³-hybridized carbons (Fsp3) is 0.500. The molecule has 0 aliphatic carbocycles. The highest BCUT2D eigenvalue weighted by Crippen LogP contribution is 2.23. The highest BCUT2D eigenvalue weighted by molar-refractivity contribution is 5.81. The summed E-state index contributed by atoms with van der Waals surface area (Å²) in [6.45, 7) is 6.64. The van der Waals surface area contributed by atoms with Crippen LogP contribution in [0, 0.1) is 17.3 Å². The van der Waals surface area contributed by atoms with Crippen molar-refractivity contribution >= 4 is 5.91 Å². The van der Waals surface area contributed by atoms with Crippen LogP contribution in [0.2, 0.25) is 0 Å². The van der Waals surface area contributed by atoms with Crippen LogP contribution in [0.15, 0.2) is 24.3 Å². The van der Waals surface area contributed by atoms with Gasteiger partial charge >= 0.3 is 0 Å². The van der Waals surface area contributed by atoms with Crippen molar-refractivity contribution in [3.63, 3.8) is 0 Å². The van der Waals surface area contributed by atoms with Crippen LogP contribution in [0.1, 0.15) is 44.7 Å². The van der Waals surface area contributed by atoms with E-state index in [2.05, 4.69) is 11.8 Å². The molecular formula is C18H25NO2. The number of carbonyl (C=O) groups excluding carboxylic acids is 1. The largest absolute Gasteiger partial charge is 0.395 e. The third kappa shape index (κ3) is 5.24. The van der Waals surface area contributed by atoms with Crippen LogP contribution in [0.5, 0.6) is 0 Å². The van der Waals surface area contributed by atoms with E-state index in [0.717, 1.165) is 17.5 Å². The van der Waals surface area contributed by atoms with Crippen LogP contribution in [0.4, 0.5) is 0 Å². The molecule has 0 heterocycles. The number of amides is 1. The molecule has 0 aromatic heterocycles. The maximum atomic E-state index is 12.4. The molecule has 3 nitrogen and oxygen atoms in total. The smallest absolute Gasteiger partial charge is 0.228 e. The normalized spacial score (nSPS) is 10.7. The van der Waals surface area contributed by atoms with Gasteiger partial charge in [0.15, 0.2) is 0 Å². The third-order valence-electron chi connectivity index (χ3n) is 3.63. The van der Waals surface area contributed by atoms with Crippen molar-refractivity contribution in [3.8, 4) is 11.8 Å². The van der Waals surface area contributed by atoms with Gasteiger partial charge in [-0.15, -0.1) is 0 Å². The first-order chi connectivity index (χ1) is 9.90. The van der Waals surface area contributed by atoms with Gasteiger partial charge in [0, 0.05) is 31.0 Å². The number of aliphatic hydroxyl groups is 1. The minimum absolute atomic E-state index is 0.0794. The fourth-order valence-electron chi connectivity index (χ4n) is 1.98. The number of rotatable bonds is 5. The van der Waals surface area contributed by atoms with E-state index >= 15 is 0 Å². The van der Waals surface area contributed by atoms with Crippen molar-refractivity contribution in [1.82, 2.24) is 4.90 Å². The average molecular weight is 287 g/mol. The third-order valence-corrected chi connectivity index (χ3v) is 3.63. The van der Waals surface area contributed by atoms with Gasteiger partial charge in [0.2, 0.25) is 5.91 Å². The van der Waals surface area contributed by atoms with Crippen LogP contribution in [0.3, 0.4) is 0 Å². The fourth-order valence-corrected chi connectivity index (χ4v) is 1.98. The lowest BCUT2D eigenvalue weighted by molar-refractivity contribution is -0.139. The summed E-state index contributed by atoms with van der Waals surface area (Å²) >= 11 is 0. The first-order valence-corrected chi connectivity index (χ1v) is 7.35. The molecule has 1 rings (SSSR count). The maximum Gasteiger partial charge on any atom is 0.228 e. The standard InChI is InChI=1S/C18H25NO2/c1-5-18(2,3)17(21)19(4)14-16-11-8-10-15(13-16)9-6-7-12-20/h8,10-11,13,20H,5,7,12,14H2,1-4H3. The molecule has 0 radical (unpaired) electrons. The second-order valence-electron chi connectivity index (χ2n) is 5.87. The second-order valence-corrected chi connectivity index (χ2v) is 5.87. The Hall–Kier alpha value is -1.79. The Labute approximate surface area is 128 Å². The summed E-state index contributed by atoms with van der Waals surface area (Å²) in [6.07, 6.45) is 1.30. The van der Waals surface area contributed by atoms with Crippen molar-refractivity contribution in [2.45, 2.75) is 40.2 Å². The zero-order valence-electron chi connectivity index (χ0n) is 13.4. The summed E-state index contributed by atoms with van der Waals surface area (Å²) in [5.41, 5.74) is 1.65. The lowest BCUT2D eigenvalue weighted by Crippen LogP contribution is -2.37. The molecule has 0 atom stereocenters. The number of aliphatic hydroxyl groups excluding tert-OH is 1. The molecule has 0 aliphatic rings. The van der Waals surface area contributed by atoms with Gasteiger partial charge in [0.1, 0.15) is 0 Å². The van der Waals surface area contributed by atoms with E-state index in [1.54, 1.807) is 4.90 Å². The molecule has 0 saturated heterocycles. The van der Waals surface area contributed by atoms with E-state index in [0.29, 0.717) is 13.0 Å². The lowest BCUT2D eigenvalue weighted by atomic mass is 9.88. The van der Waals surface area contributed by atoms with Gasteiger partial charge in [0.25, 0.3) is 0 Å². The minimum atomic E-state index is -0.326. The van der Waals surface area contributed by atoms with Gasteiger partial charge in [-0.2, -0.15) is 0 Å². The molecule has 1 amide bonds. The van der Waals surface area contributed by atoms with E-state index in [9.17, 15) is 4.79 Å². The van der Waals surface area contributed by atoms with Gasteiger partial charge in [-0.3, -0.25) is 4.79 Å². The topological polar surface area (TPSA) is 40.5 Å². The molecule has 0 unspecified atom stereocenters. The van der Waals surface area contributed by atoms with E-state index < -0.39 is 0 Å². The van der Waals surface area contributed by atoms with Crippen molar-refractivity contribution < 1.29 is 9.90 Å². The molecule has 1 aromatic carbocycles. The van der Waals surface area contributed by atoms with Gasteiger partial charge in [0.05, 0.1) is 6.61 Å². The van der Waals surface area contributed by atoms with Gasteiger partial charge in [-0.25, -0.2) is 0 Å². The average Bonchev–Trinajstić information content (AvgIpc) is 2.47. The Bertz CT molecular complexity index is 538. The highest BCUT2D eigenvalue weighted by Gasteiger charge is 2.28. The molecule has 1 N–H and O–H groups in total. The van der Waals surface area contributed by atoms with E-state index in [1.807, 2.05) is 52.1 Å². The maximum absolute atomic E-state index is 12.4. The lowest BCUT2D eigenvalue weighted by Gasteiger charge is -2.28. The highest BCUT2D eigenvalue weighted by atomic mass is 16.2. The van der Waals surface area contributed by atoms with E-state index in [4.69, 9.17) is 5.11 Å². The van der Waals surface area contributed by atoms with Crippen LogP contribution in [-0.2, 0) is 11.3 Å². The summed E-state index contributed by atoms with van der Waals surface area (Å²) in [6, 6.07) is 7.88. The summed E-state index contributed by atoms with van der Waals surface area (Å²) in [5, 5.41) is 8.73. The van der Waals surface area contributed by atoms with E-state index in [1.165, 1.54) is 0 Å². The molecule has 21 heavy (non-hydrogen) atoms. The van der Waals surface area contributed by atoms with Gasteiger partial charge in [-0.05, 0) is 24.1 Å². The summed E-state index contributed by atoms with van der Waals surface area (Å²) < 4.78 is 0. The Morgan fingerprint density at radius 1 is 1.38 bits per heavy atom. The molecule has 0 bridgehead atoms. The van der Waals surface area contributed by atoms with Crippen LogP contribution < -0.4 is 0 Å². The predicted octanol–water partition coefficient (Wildman–Crippen LogP) is 2.82. The summed E-state index contributed by atoms with van der Waals surface area (Å²) in [5.74, 6) is 6.08. The Morgan fingerprint density at radius 3 is 2.71 bits per heavy atom. The number of benzene rings is 1. The van der Waals surface area contributed by atoms with Crippen molar-refractivity contribution in [2.24, 2.45) is 5.41 Å². The van der Waals surface area contributed by atoms with E-state index in [-0.39, 0.29) is 17.9 Å². The number of nitrogens with zero attached hydrogens (tertiary/aromatic N) is 1. The quantitative estimate of drug-likeness (QED) is 0.846. The number of hydrogen-bond donors (Lipinski definition) is 1. The first kappa shape index (κ1) is 17.3. The molecule has 1 aromatic rings. The Balaban J connectivity index is 2.78. The predicted molar refractivity (Wildman–Crippen MR) is 85.6 cm³/mol. The van der Waals surface area contributed by atoms with Gasteiger partial charge < -0.3 is 10.0 Å². The van der Waals surface area contributed by atoms with Crippen LogP contribution >= 0.6 is 0 Å². The molecule has 0 aliphatic heterocycles.